The third kappa shape index (κ3) is 4.11. The number of ether oxygens (including phenoxy) is 3. The highest BCUT2D eigenvalue weighted by Crippen LogP contribution is 2.38. The Bertz CT molecular complexity index is 711. The summed E-state index contributed by atoms with van der Waals surface area (Å²) >= 11 is 1.50. The normalized spacial score (nSPS) is 10.7. The lowest BCUT2D eigenvalue weighted by Gasteiger charge is -2.12. The molecule has 4 nitrogen and oxygen atoms in total. The van der Waals surface area contributed by atoms with Crippen LogP contribution in [0.4, 0.5) is 0 Å². The molecule has 5 heteroatoms. The van der Waals surface area contributed by atoms with Crippen molar-refractivity contribution in [2.24, 2.45) is 0 Å². The Labute approximate surface area is 146 Å². The largest absolute Gasteiger partial charge is 0.497 e. The summed E-state index contributed by atoms with van der Waals surface area (Å²) < 4.78 is 15.8. The van der Waals surface area contributed by atoms with Crippen molar-refractivity contribution >= 4 is 23.6 Å². The molecule has 2 rings (SSSR count). The molecule has 0 unspecified atom stereocenters. The first kappa shape index (κ1) is 17.9. The zero-order chi connectivity index (χ0) is 17.5. The highest BCUT2D eigenvalue weighted by Gasteiger charge is 2.14. The van der Waals surface area contributed by atoms with Crippen LogP contribution in [0.3, 0.4) is 0 Å². The van der Waals surface area contributed by atoms with E-state index in [9.17, 15) is 4.79 Å². The molecule has 2 aromatic carbocycles. The molecule has 2 aromatic rings. The van der Waals surface area contributed by atoms with Gasteiger partial charge in [0.2, 0.25) is 0 Å². The Balaban J connectivity index is 2.26. The molecule has 0 N–H and O–H groups in total. The standard InChI is InChI=1S/C19H20O4S/c1-21-15-8-5-13(6-9-15)7-10-16(20)14-11-17(22-2)19(23-3)18(12-14)24-4/h5-12H,1-4H3/b10-7+. The number of ketones is 1. The number of carbonyl (C=O) groups excluding carboxylic acids is 1. The minimum atomic E-state index is -0.0953. The van der Waals surface area contributed by atoms with Crippen LogP contribution in [0.2, 0.25) is 0 Å². The number of benzene rings is 2. The van der Waals surface area contributed by atoms with E-state index in [2.05, 4.69) is 0 Å². The molecule has 0 aromatic heterocycles. The molecule has 0 saturated heterocycles. The zero-order valence-corrected chi connectivity index (χ0v) is 15.0. The lowest BCUT2D eigenvalue weighted by Crippen LogP contribution is -1.99. The van der Waals surface area contributed by atoms with Crippen molar-refractivity contribution < 1.29 is 19.0 Å². The molecule has 0 aliphatic heterocycles. The molecule has 0 aliphatic rings. The highest BCUT2D eigenvalue weighted by atomic mass is 32.2. The quantitative estimate of drug-likeness (QED) is 0.425. The monoisotopic (exact) mass is 344 g/mol. The molecule has 0 heterocycles. The molecule has 0 spiro atoms. The van der Waals surface area contributed by atoms with Crippen molar-refractivity contribution in [3.63, 3.8) is 0 Å². The van der Waals surface area contributed by atoms with Crippen molar-refractivity contribution in [2.45, 2.75) is 4.90 Å². The Kier molecular flexibility index (Phi) is 6.32. The van der Waals surface area contributed by atoms with Crippen molar-refractivity contribution in [2.75, 3.05) is 27.6 Å². The van der Waals surface area contributed by atoms with E-state index < -0.39 is 0 Å². The summed E-state index contributed by atoms with van der Waals surface area (Å²) in [7, 11) is 4.76. The number of thioether (sulfide) groups is 1. The number of methoxy groups -OCH3 is 3. The van der Waals surface area contributed by atoms with Gasteiger partial charge in [0.05, 0.1) is 26.2 Å². The molecule has 0 saturated carbocycles. The fraction of sp³-hybridized carbons (Fsp3) is 0.211. The lowest BCUT2D eigenvalue weighted by molar-refractivity contribution is 0.104. The number of allylic oxidation sites excluding steroid dienone is 1. The van der Waals surface area contributed by atoms with Crippen LogP contribution in [0.25, 0.3) is 6.08 Å². The molecular formula is C19H20O4S. The molecule has 0 radical (unpaired) electrons. The van der Waals surface area contributed by atoms with E-state index in [-0.39, 0.29) is 5.78 Å². The van der Waals surface area contributed by atoms with E-state index in [1.165, 1.54) is 11.8 Å². The Morgan fingerprint density at radius 3 is 2.25 bits per heavy atom. The minimum absolute atomic E-state index is 0.0953. The predicted molar refractivity (Wildman–Crippen MR) is 97.7 cm³/mol. The summed E-state index contributed by atoms with van der Waals surface area (Å²) in [5, 5.41) is 0. The van der Waals surface area contributed by atoms with Crippen LogP contribution in [0.15, 0.2) is 47.4 Å². The summed E-state index contributed by atoms with van der Waals surface area (Å²) in [4.78, 5) is 13.3. The first-order chi connectivity index (χ1) is 11.6. The number of carbonyl (C=O) groups is 1. The van der Waals surface area contributed by atoms with Gasteiger partial charge >= 0.3 is 0 Å². The number of hydrogen-bond acceptors (Lipinski definition) is 5. The second kappa shape index (κ2) is 8.45. The van der Waals surface area contributed by atoms with E-state index in [1.54, 1.807) is 39.5 Å². The van der Waals surface area contributed by atoms with Gasteiger partial charge in [0.1, 0.15) is 5.75 Å². The summed E-state index contributed by atoms with van der Waals surface area (Å²) in [5.74, 6) is 1.87. The first-order valence-corrected chi connectivity index (χ1v) is 8.52. The van der Waals surface area contributed by atoms with Gasteiger partial charge in [0.15, 0.2) is 17.3 Å². The summed E-state index contributed by atoms with van der Waals surface area (Å²) in [5.41, 5.74) is 1.48. The minimum Gasteiger partial charge on any atom is -0.497 e. The van der Waals surface area contributed by atoms with Crippen LogP contribution in [0.5, 0.6) is 17.2 Å². The lowest BCUT2D eigenvalue weighted by atomic mass is 10.1. The van der Waals surface area contributed by atoms with E-state index >= 15 is 0 Å². The van der Waals surface area contributed by atoms with Crippen LogP contribution >= 0.6 is 11.8 Å². The summed E-state index contributed by atoms with van der Waals surface area (Å²) in [6.45, 7) is 0. The molecule has 24 heavy (non-hydrogen) atoms. The maximum Gasteiger partial charge on any atom is 0.186 e. The maximum absolute atomic E-state index is 12.5. The van der Waals surface area contributed by atoms with Crippen LogP contribution in [0.1, 0.15) is 15.9 Å². The third-order valence-electron chi connectivity index (χ3n) is 3.49. The smallest absolute Gasteiger partial charge is 0.186 e. The SMILES string of the molecule is COc1ccc(/C=C/C(=O)c2cc(OC)c(OC)c(SC)c2)cc1. The van der Waals surface area contributed by atoms with Crippen LogP contribution in [-0.4, -0.2) is 33.4 Å². The fourth-order valence-corrected chi connectivity index (χ4v) is 2.82. The second-order valence-corrected chi connectivity index (χ2v) is 5.73. The van der Waals surface area contributed by atoms with E-state index in [0.29, 0.717) is 17.1 Å². The average Bonchev–Trinajstić information content (AvgIpc) is 2.65. The van der Waals surface area contributed by atoms with Crippen LogP contribution < -0.4 is 14.2 Å². The van der Waals surface area contributed by atoms with E-state index in [0.717, 1.165) is 16.2 Å². The Morgan fingerprint density at radius 2 is 1.71 bits per heavy atom. The van der Waals surface area contributed by atoms with Gasteiger partial charge in [-0.1, -0.05) is 18.2 Å². The maximum atomic E-state index is 12.5. The topological polar surface area (TPSA) is 44.8 Å². The van der Waals surface area contributed by atoms with E-state index in [1.807, 2.05) is 36.6 Å². The number of hydrogen-bond donors (Lipinski definition) is 0. The van der Waals surface area contributed by atoms with Gasteiger partial charge < -0.3 is 14.2 Å². The second-order valence-electron chi connectivity index (χ2n) is 4.88. The van der Waals surface area contributed by atoms with Gasteiger partial charge in [0.25, 0.3) is 0 Å². The van der Waals surface area contributed by atoms with Gasteiger partial charge in [-0.2, -0.15) is 0 Å². The number of rotatable bonds is 7. The molecule has 126 valence electrons. The predicted octanol–water partition coefficient (Wildman–Crippen LogP) is 4.33. The van der Waals surface area contributed by atoms with E-state index in [4.69, 9.17) is 14.2 Å². The van der Waals surface area contributed by atoms with Gasteiger partial charge in [-0.05, 0) is 42.2 Å². The molecule has 0 atom stereocenters. The molecule has 0 fully saturated rings. The van der Waals surface area contributed by atoms with Crippen LogP contribution in [0, 0.1) is 0 Å². The average molecular weight is 344 g/mol. The summed E-state index contributed by atoms with van der Waals surface area (Å²) in [6.07, 6.45) is 5.25. The highest BCUT2D eigenvalue weighted by molar-refractivity contribution is 7.98. The molecule has 0 aliphatic carbocycles. The van der Waals surface area contributed by atoms with Crippen molar-refractivity contribution in [3.8, 4) is 17.2 Å². The third-order valence-corrected chi connectivity index (χ3v) is 4.24. The van der Waals surface area contributed by atoms with Crippen molar-refractivity contribution in [1.29, 1.82) is 0 Å². The Hall–Kier alpha value is -2.40. The van der Waals surface area contributed by atoms with Gasteiger partial charge in [-0.25, -0.2) is 0 Å². The van der Waals surface area contributed by atoms with Gasteiger partial charge in [0, 0.05) is 5.56 Å². The van der Waals surface area contributed by atoms with Gasteiger partial charge in [-0.15, -0.1) is 11.8 Å². The zero-order valence-electron chi connectivity index (χ0n) is 14.2. The van der Waals surface area contributed by atoms with Gasteiger partial charge in [-0.3, -0.25) is 4.79 Å². The molecular weight excluding hydrogens is 324 g/mol. The first-order valence-electron chi connectivity index (χ1n) is 7.29. The Morgan fingerprint density at radius 1 is 1.00 bits per heavy atom. The molecule has 0 bridgehead atoms. The van der Waals surface area contributed by atoms with Crippen molar-refractivity contribution in [3.05, 3.63) is 53.6 Å². The fourth-order valence-electron chi connectivity index (χ4n) is 2.21. The summed E-state index contributed by atoms with van der Waals surface area (Å²) in [6, 6.07) is 11.0. The van der Waals surface area contributed by atoms with Crippen LogP contribution in [-0.2, 0) is 0 Å². The molecule has 0 amide bonds. The van der Waals surface area contributed by atoms with Crippen molar-refractivity contribution in [1.82, 2.24) is 0 Å².